The molecule has 0 aliphatic carbocycles. The molecule has 1 fully saturated rings. The van der Waals surface area contributed by atoms with Gasteiger partial charge in [-0.05, 0) is 18.6 Å². The van der Waals surface area contributed by atoms with E-state index >= 15 is 0 Å². The summed E-state index contributed by atoms with van der Waals surface area (Å²) in [5.41, 5.74) is 0.581. The molecule has 2 amide bonds. The van der Waals surface area contributed by atoms with Gasteiger partial charge in [-0.3, -0.25) is 9.59 Å². The van der Waals surface area contributed by atoms with E-state index in [2.05, 4.69) is 12.6 Å². The standard InChI is InChI=1S/C15H17N3O2S/c16-7-6-14(19)17-8-3-9-18(11-10-17)15(20)12-4-1-2-5-13(12)21/h1-2,4-5,21H,3,6,8-11H2. The number of amides is 2. The Morgan fingerprint density at radius 3 is 2.52 bits per heavy atom. The average Bonchev–Trinajstić information content (AvgIpc) is 2.73. The van der Waals surface area contributed by atoms with Crippen LogP contribution in [0, 0.1) is 11.3 Å². The normalized spacial score (nSPS) is 15.2. The summed E-state index contributed by atoms with van der Waals surface area (Å²) in [6.07, 6.45) is 0.616. The summed E-state index contributed by atoms with van der Waals surface area (Å²) >= 11 is 4.31. The predicted octanol–water partition coefficient (Wildman–Crippen LogP) is 1.56. The SMILES string of the molecule is N#CCC(=O)N1CCCN(C(=O)c2ccccc2S)CC1. The predicted molar refractivity (Wildman–Crippen MR) is 81.0 cm³/mol. The zero-order valence-electron chi connectivity index (χ0n) is 11.7. The van der Waals surface area contributed by atoms with Crippen molar-refractivity contribution >= 4 is 24.4 Å². The molecule has 6 heteroatoms. The quantitative estimate of drug-likeness (QED) is 0.843. The lowest BCUT2D eigenvalue weighted by atomic mass is 10.2. The van der Waals surface area contributed by atoms with Gasteiger partial charge in [0.2, 0.25) is 5.91 Å². The van der Waals surface area contributed by atoms with Gasteiger partial charge in [0.25, 0.3) is 5.91 Å². The van der Waals surface area contributed by atoms with E-state index in [0.717, 1.165) is 6.42 Å². The first-order chi connectivity index (χ1) is 10.1. The maximum Gasteiger partial charge on any atom is 0.255 e. The maximum absolute atomic E-state index is 12.5. The number of rotatable bonds is 2. The van der Waals surface area contributed by atoms with Crippen LogP contribution in [-0.4, -0.2) is 47.8 Å². The third-order valence-electron chi connectivity index (χ3n) is 3.50. The van der Waals surface area contributed by atoms with Crippen LogP contribution in [0.1, 0.15) is 23.2 Å². The first kappa shape index (κ1) is 15.4. The monoisotopic (exact) mass is 303 g/mol. The fourth-order valence-electron chi connectivity index (χ4n) is 2.37. The molecule has 5 nitrogen and oxygen atoms in total. The zero-order chi connectivity index (χ0) is 15.2. The van der Waals surface area contributed by atoms with E-state index in [9.17, 15) is 9.59 Å². The number of benzene rings is 1. The highest BCUT2D eigenvalue weighted by atomic mass is 32.1. The average molecular weight is 303 g/mol. The lowest BCUT2D eigenvalue weighted by molar-refractivity contribution is -0.129. The summed E-state index contributed by atoms with van der Waals surface area (Å²) < 4.78 is 0. The topological polar surface area (TPSA) is 64.4 Å². The molecule has 0 atom stereocenters. The van der Waals surface area contributed by atoms with Gasteiger partial charge in [-0.25, -0.2) is 0 Å². The van der Waals surface area contributed by atoms with Crippen molar-refractivity contribution in [2.75, 3.05) is 26.2 Å². The van der Waals surface area contributed by atoms with E-state index in [1.165, 1.54) is 0 Å². The fourth-order valence-corrected chi connectivity index (χ4v) is 2.63. The highest BCUT2D eigenvalue weighted by Gasteiger charge is 2.23. The minimum Gasteiger partial charge on any atom is -0.340 e. The molecule has 0 bridgehead atoms. The van der Waals surface area contributed by atoms with E-state index in [0.29, 0.717) is 36.6 Å². The molecule has 1 heterocycles. The second-order valence-electron chi connectivity index (χ2n) is 4.88. The van der Waals surface area contributed by atoms with Crippen LogP contribution in [-0.2, 0) is 4.79 Å². The van der Waals surface area contributed by atoms with Crippen molar-refractivity contribution in [2.24, 2.45) is 0 Å². The van der Waals surface area contributed by atoms with Gasteiger partial charge in [0.1, 0.15) is 6.42 Å². The van der Waals surface area contributed by atoms with Crippen LogP contribution in [0.15, 0.2) is 29.2 Å². The van der Waals surface area contributed by atoms with Crippen molar-refractivity contribution < 1.29 is 9.59 Å². The molecule has 1 aromatic carbocycles. The number of nitriles is 1. The van der Waals surface area contributed by atoms with Gasteiger partial charge in [-0.1, -0.05) is 12.1 Å². The van der Waals surface area contributed by atoms with E-state index in [1.54, 1.807) is 21.9 Å². The first-order valence-corrected chi connectivity index (χ1v) is 7.30. The van der Waals surface area contributed by atoms with Crippen molar-refractivity contribution in [3.63, 3.8) is 0 Å². The molecule has 1 aromatic rings. The van der Waals surface area contributed by atoms with E-state index in [4.69, 9.17) is 5.26 Å². The summed E-state index contributed by atoms with van der Waals surface area (Å²) in [6, 6.07) is 9.07. The van der Waals surface area contributed by atoms with Gasteiger partial charge in [0.05, 0.1) is 11.6 Å². The molecule has 1 aliphatic heterocycles. The Morgan fingerprint density at radius 2 is 1.81 bits per heavy atom. The Bertz CT molecular complexity index is 583. The first-order valence-electron chi connectivity index (χ1n) is 6.85. The molecule has 1 saturated heterocycles. The Morgan fingerprint density at radius 1 is 1.14 bits per heavy atom. The van der Waals surface area contributed by atoms with Crippen molar-refractivity contribution in [3.8, 4) is 6.07 Å². The number of hydrogen-bond donors (Lipinski definition) is 1. The van der Waals surface area contributed by atoms with Crippen LogP contribution >= 0.6 is 12.6 Å². The molecule has 110 valence electrons. The molecule has 0 spiro atoms. The van der Waals surface area contributed by atoms with E-state index < -0.39 is 0 Å². The zero-order valence-corrected chi connectivity index (χ0v) is 12.6. The molecule has 0 N–H and O–H groups in total. The second kappa shape index (κ2) is 7.14. The lowest BCUT2D eigenvalue weighted by Crippen LogP contribution is -2.37. The van der Waals surface area contributed by atoms with Crippen LogP contribution < -0.4 is 0 Å². The maximum atomic E-state index is 12.5. The summed E-state index contributed by atoms with van der Waals surface area (Å²) in [6.45, 7) is 2.16. The summed E-state index contributed by atoms with van der Waals surface area (Å²) in [7, 11) is 0. The number of hydrogen-bond acceptors (Lipinski definition) is 4. The van der Waals surface area contributed by atoms with E-state index in [-0.39, 0.29) is 18.2 Å². The summed E-state index contributed by atoms with van der Waals surface area (Å²) in [4.78, 5) is 28.3. The van der Waals surface area contributed by atoms with E-state index in [1.807, 2.05) is 18.2 Å². The molecule has 1 aliphatic rings. The minimum atomic E-state index is -0.165. The van der Waals surface area contributed by atoms with Gasteiger partial charge in [0.15, 0.2) is 0 Å². The van der Waals surface area contributed by atoms with Gasteiger partial charge < -0.3 is 9.80 Å². The van der Waals surface area contributed by atoms with Crippen LogP contribution in [0.5, 0.6) is 0 Å². The smallest absolute Gasteiger partial charge is 0.255 e. The van der Waals surface area contributed by atoms with Gasteiger partial charge in [-0.15, -0.1) is 12.6 Å². The number of nitrogens with zero attached hydrogens (tertiary/aromatic N) is 3. The van der Waals surface area contributed by atoms with Gasteiger partial charge in [-0.2, -0.15) is 5.26 Å². The number of carbonyl (C=O) groups is 2. The highest BCUT2D eigenvalue weighted by molar-refractivity contribution is 7.80. The van der Waals surface area contributed by atoms with Crippen LogP contribution in [0.25, 0.3) is 0 Å². The Labute approximate surface area is 129 Å². The highest BCUT2D eigenvalue weighted by Crippen LogP contribution is 2.16. The summed E-state index contributed by atoms with van der Waals surface area (Å²) in [5.74, 6) is -0.225. The molecule has 0 unspecified atom stereocenters. The summed E-state index contributed by atoms with van der Waals surface area (Å²) in [5, 5.41) is 8.59. The molecule has 2 rings (SSSR count). The lowest BCUT2D eigenvalue weighted by Gasteiger charge is -2.22. The van der Waals surface area contributed by atoms with Gasteiger partial charge in [0, 0.05) is 31.1 Å². The van der Waals surface area contributed by atoms with Crippen molar-refractivity contribution in [1.82, 2.24) is 9.80 Å². The van der Waals surface area contributed by atoms with Crippen LogP contribution in [0.2, 0.25) is 0 Å². The molecule has 0 saturated carbocycles. The second-order valence-corrected chi connectivity index (χ2v) is 5.36. The Kier molecular flexibility index (Phi) is 5.23. The molecular formula is C15H17N3O2S. The molecular weight excluding hydrogens is 286 g/mol. The fraction of sp³-hybridized carbons (Fsp3) is 0.400. The minimum absolute atomic E-state index is 0.0600. The number of carbonyl (C=O) groups excluding carboxylic acids is 2. The third-order valence-corrected chi connectivity index (χ3v) is 3.89. The van der Waals surface area contributed by atoms with Crippen LogP contribution in [0.4, 0.5) is 0 Å². The Hall–Kier alpha value is -2.00. The van der Waals surface area contributed by atoms with Crippen molar-refractivity contribution in [2.45, 2.75) is 17.7 Å². The van der Waals surface area contributed by atoms with Crippen molar-refractivity contribution in [1.29, 1.82) is 5.26 Å². The molecule has 0 radical (unpaired) electrons. The Balaban J connectivity index is 2.03. The number of thiol groups is 1. The third kappa shape index (κ3) is 3.76. The van der Waals surface area contributed by atoms with Crippen molar-refractivity contribution in [3.05, 3.63) is 29.8 Å². The van der Waals surface area contributed by atoms with Gasteiger partial charge >= 0.3 is 0 Å². The molecule has 0 aromatic heterocycles. The van der Waals surface area contributed by atoms with Crippen LogP contribution in [0.3, 0.4) is 0 Å². The largest absolute Gasteiger partial charge is 0.340 e. The molecule has 21 heavy (non-hydrogen) atoms.